The summed E-state index contributed by atoms with van der Waals surface area (Å²) in [5.74, 6) is 1.72. The third-order valence-corrected chi connectivity index (χ3v) is 9.74. The van der Waals surface area contributed by atoms with Gasteiger partial charge in [0.05, 0.1) is 11.0 Å². The number of benzene rings is 1. The van der Waals surface area contributed by atoms with Gasteiger partial charge in [0, 0.05) is 24.2 Å². The summed E-state index contributed by atoms with van der Waals surface area (Å²) >= 11 is 0. The number of carbonyl (C=O) groups is 1. The molecule has 2 saturated heterocycles. The first-order valence-electron chi connectivity index (χ1n) is 13.4. The fraction of sp³-hybridized carbons (Fsp3) is 0.679. The first-order valence-corrected chi connectivity index (χ1v) is 13.4. The van der Waals surface area contributed by atoms with Crippen molar-refractivity contribution in [2.24, 2.45) is 23.7 Å². The quantitative estimate of drug-likeness (QED) is 0.684. The van der Waals surface area contributed by atoms with Crippen molar-refractivity contribution in [2.75, 3.05) is 0 Å². The normalized spacial score (nSPS) is 38.1. The van der Waals surface area contributed by atoms with E-state index in [-0.39, 0.29) is 11.7 Å². The van der Waals surface area contributed by atoms with Gasteiger partial charge in [-0.1, -0.05) is 45.2 Å². The van der Waals surface area contributed by atoms with Gasteiger partial charge >= 0.3 is 5.97 Å². The molecule has 2 aliphatic carbocycles. The fourth-order valence-corrected chi connectivity index (χ4v) is 8.44. The van der Waals surface area contributed by atoms with Crippen molar-refractivity contribution in [3.05, 3.63) is 40.3 Å². The van der Waals surface area contributed by atoms with Crippen LogP contribution in [0, 0.1) is 23.7 Å². The van der Waals surface area contributed by atoms with Crippen molar-refractivity contribution < 1.29 is 9.90 Å². The number of nitrogens with zero attached hydrogens (tertiary/aromatic N) is 3. The van der Waals surface area contributed by atoms with Crippen molar-refractivity contribution in [2.45, 2.75) is 95.8 Å². The number of hydrogen-bond donors (Lipinski definition) is 1. The van der Waals surface area contributed by atoms with Gasteiger partial charge < -0.3 is 9.67 Å². The lowest BCUT2D eigenvalue weighted by molar-refractivity contribution is -0.0909. The Kier molecular flexibility index (Phi) is 5.55. The van der Waals surface area contributed by atoms with E-state index in [4.69, 9.17) is 0 Å². The Morgan fingerprint density at radius 2 is 1.56 bits per heavy atom. The summed E-state index contributed by atoms with van der Waals surface area (Å²) in [4.78, 5) is 32.4. The molecule has 6 atom stereocenters. The molecule has 2 aromatic rings. The minimum absolute atomic E-state index is 0.0121. The van der Waals surface area contributed by atoms with E-state index >= 15 is 0 Å². The molecule has 1 N–H and O–H groups in total. The zero-order valence-electron chi connectivity index (χ0n) is 20.4. The van der Waals surface area contributed by atoms with E-state index in [0.29, 0.717) is 35.5 Å². The summed E-state index contributed by atoms with van der Waals surface area (Å²) in [6, 6.07) is 9.11. The molecule has 0 amide bonds. The number of piperidine rings is 2. The summed E-state index contributed by atoms with van der Waals surface area (Å²) in [5.41, 5.74) is 0.553. The number of carboxylic acids is 1. The van der Waals surface area contributed by atoms with Crippen LogP contribution in [0.2, 0.25) is 0 Å². The smallest absolute Gasteiger partial charge is 0.360 e. The SMILES string of the molecule is CC1CC(C)C2CC(n3c(=O)c(C(=O)O)nc4ccccc43)CC1N2C1CC2CCCC(C2)C1. The van der Waals surface area contributed by atoms with E-state index in [1.807, 2.05) is 24.3 Å². The first-order chi connectivity index (χ1) is 16.4. The Labute approximate surface area is 201 Å². The average molecular weight is 464 g/mol. The number of hydrogen-bond acceptors (Lipinski definition) is 4. The standard InChI is InChI=1S/C28H37N3O3/c1-16-10-17(2)25-15-21(14-24(16)30(25)20-12-18-6-5-7-19(11-18)13-20)31-23-9-4-3-8-22(23)29-26(27(31)32)28(33)34/h3-4,8-9,16-21,24-25H,5-7,10-15H2,1-2H3,(H,33,34). The van der Waals surface area contributed by atoms with E-state index in [2.05, 4.69) is 23.7 Å². The maximum Gasteiger partial charge on any atom is 0.360 e. The molecule has 2 saturated carbocycles. The van der Waals surface area contributed by atoms with Crippen LogP contribution < -0.4 is 5.56 Å². The summed E-state index contributed by atoms with van der Waals surface area (Å²) in [5, 5.41) is 9.70. The van der Waals surface area contributed by atoms with Crippen LogP contribution in [-0.2, 0) is 0 Å². The second kappa shape index (κ2) is 8.47. The molecule has 6 unspecified atom stereocenters. The van der Waals surface area contributed by atoms with Gasteiger partial charge in [-0.2, -0.15) is 0 Å². The maximum atomic E-state index is 13.4. The van der Waals surface area contributed by atoms with Gasteiger partial charge in [-0.25, -0.2) is 9.78 Å². The molecule has 6 heteroatoms. The van der Waals surface area contributed by atoms with Crippen molar-refractivity contribution >= 4 is 17.0 Å². The molecule has 0 radical (unpaired) electrons. The summed E-state index contributed by atoms with van der Waals surface area (Å²) in [6.45, 7) is 4.79. The zero-order valence-corrected chi connectivity index (χ0v) is 20.4. The minimum atomic E-state index is -1.24. The van der Waals surface area contributed by atoms with Crippen LogP contribution in [0.1, 0.15) is 88.2 Å². The second-order valence-electron chi connectivity index (χ2n) is 11.9. The van der Waals surface area contributed by atoms with E-state index in [9.17, 15) is 14.7 Å². The number of aromatic carboxylic acids is 1. The highest BCUT2D eigenvalue weighted by Crippen LogP contribution is 2.50. The molecule has 34 heavy (non-hydrogen) atoms. The molecule has 1 aromatic carbocycles. The van der Waals surface area contributed by atoms with Gasteiger partial charge in [-0.3, -0.25) is 9.69 Å². The lowest BCUT2D eigenvalue weighted by atomic mass is 9.66. The molecule has 4 aliphatic rings. The third-order valence-electron chi connectivity index (χ3n) is 9.74. The Hall–Kier alpha value is -2.21. The summed E-state index contributed by atoms with van der Waals surface area (Å²) < 4.78 is 1.80. The van der Waals surface area contributed by atoms with Crippen LogP contribution in [-0.4, -0.2) is 43.7 Å². The van der Waals surface area contributed by atoms with Crippen LogP contribution >= 0.6 is 0 Å². The Morgan fingerprint density at radius 1 is 0.912 bits per heavy atom. The van der Waals surface area contributed by atoms with E-state index < -0.39 is 11.5 Å². The summed E-state index contributed by atoms with van der Waals surface area (Å²) in [7, 11) is 0. The van der Waals surface area contributed by atoms with Crippen molar-refractivity contribution in [3.63, 3.8) is 0 Å². The first kappa shape index (κ1) is 22.3. The van der Waals surface area contributed by atoms with Crippen molar-refractivity contribution in [3.8, 4) is 0 Å². The summed E-state index contributed by atoms with van der Waals surface area (Å²) in [6.07, 6.45) is 11.4. The largest absolute Gasteiger partial charge is 0.476 e. The lowest BCUT2D eigenvalue weighted by Crippen LogP contribution is -2.63. The average Bonchev–Trinajstić information content (AvgIpc) is 2.81. The van der Waals surface area contributed by atoms with Crippen molar-refractivity contribution in [1.29, 1.82) is 0 Å². The van der Waals surface area contributed by atoms with Gasteiger partial charge in [0.1, 0.15) is 0 Å². The van der Waals surface area contributed by atoms with Crippen LogP contribution in [0.25, 0.3) is 11.0 Å². The monoisotopic (exact) mass is 463 g/mol. The number of fused-ring (bicyclic) bond motifs is 5. The molecule has 4 bridgehead atoms. The zero-order chi connectivity index (χ0) is 23.6. The van der Waals surface area contributed by atoms with Gasteiger partial charge in [-0.05, 0) is 74.3 Å². The highest BCUT2D eigenvalue weighted by molar-refractivity contribution is 5.88. The molecule has 6 rings (SSSR count). The highest BCUT2D eigenvalue weighted by Gasteiger charge is 2.49. The molecule has 3 heterocycles. The Bertz CT molecular complexity index is 1130. The van der Waals surface area contributed by atoms with Crippen LogP contribution in [0.4, 0.5) is 0 Å². The minimum Gasteiger partial charge on any atom is -0.476 e. The Balaban J connectivity index is 1.40. The molecule has 1 aromatic heterocycles. The maximum absolute atomic E-state index is 13.4. The van der Waals surface area contributed by atoms with Gasteiger partial charge in [0.25, 0.3) is 5.56 Å². The van der Waals surface area contributed by atoms with Gasteiger partial charge in [0.2, 0.25) is 5.69 Å². The van der Waals surface area contributed by atoms with Gasteiger partial charge in [0.15, 0.2) is 0 Å². The van der Waals surface area contributed by atoms with Gasteiger partial charge in [-0.15, -0.1) is 0 Å². The number of para-hydroxylation sites is 2. The van der Waals surface area contributed by atoms with Crippen LogP contribution in [0.5, 0.6) is 0 Å². The molecular formula is C28H37N3O3. The molecule has 182 valence electrons. The van der Waals surface area contributed by atoms with Crippen LogP contribution in [0.15, 0.2) is 29.1 Å². The number of rotatable bonds is 3. The fourth-order valence-electron chi connectivity index (χ4n) is 8.44. The van der Waals surface area contributed by atoms with E-state index in [0.717, 1.165) is 30.2 Å². The molecule has 4 fully saturated rings. The molecule has 6 nitrogen and oxygen atoms in total. The van der Waals surface area contributed by atoms with Crippen molar-refractivity contribution in [1.82, 2.24) is 14.5 Å². The molecular weight excluding hydrogens is 426 g/mol. The Morgan fingerprint density at radius 3 is 2.21 bits per heavy atom. The molecule has 0 spiro atoms. The highest BCUT2D eigenvalue weighted by atomic mass is 16.4. The topological polar surface area (TPSA) is 75.4 Å². The molecule has 2 aliphatic heterocycles. The lowest BCUT2D eigenvalue weighted by Gasteiger charge is -2.59. The predicted molar refractivity (Wildman–Crippen MR) is 132 cm³/mol. The van der Waals surface area contributed by atoms with E-state index in [1.54, 1.807) is 4.57 Å². The number of carboxylic acid groups (broad SMARTS) is 1. The number of aromatic nitrogens is 2. The van der Waals surface area contributed by atoms with E-state index in [1.165, 1.54) is 44.9 Å². The van der Waals surface area contributed by atoms with Crippen LogP contribution in [0.3, 0.4) is 0 Å². The third kappa shape index (κ3) is 3.60. The predicted octanol–water partition coefficient (Wildman–Crippen LogP) is 5.11. The second-order valence-corrected chi connectivity index (χ2v) is 11.9.